The van der Waals surface area contributed by atoms with E-state index in [1.54, 1.807) is 6.07 Å². The standard InChI is InChI=1S/C18H16FNO3/c1-22-17-12-14(9-10-16(17)19)8-5-11-20-18(21)23-13-15-6-3-2-4-7-15/h2-4,6-7,9-10,12H,11,13H2,1H3,(H,20,21). The van der Waals surface area contributed by atoms with Crippen LogP contribution in [0.5, 0.6) is 5.75 Å². The van der Waals surface area contributed by atoms with Crippen molar-refractivity contribution in [3.8, 4) is 17.6 Å². The Morgan fingerprint density at radius 1 is 1.22 bits per heavy atom. The zero-order valence-corrected chi connectivity index (χ0v) is 12.6. The average molecular weight is 313 g/mol. The fourth-order valence-electron chi connectivity index (χ4n) is 1.77. The van der Waals surface area contributed by atoms with Crippen LogP contribution in [0, 0.1) is 17.7 Å². The van der Waals surface area contributed by atoms with Crippen molar-refractivity contribution < 1.29 is 18.7 Å². The smallest absolute Gasteiger partial charge is 0.408 e. The van der Waals surface area contributed by atoms with Crippen molar-refractivity contribution in [2.75, 3.05) is 13.7 Å². The van der Waals surface area contributed by atoms with Gasteiger partial charge in [0.05, 0.1) is 13.7 Å². The monoisotopic (exact) mass is 313 g/mol. The maximum absolute atomic E-state index is 13.2. The molecule has 4 nitrogen and oxygen atoms in total. The maximum Gasteiger partial charge on any atom is 0.408 e. The van der Waals surface area contributed by atoms with Crippen LogP contribution in [0.1, 0.15) is 11.1 Å². The van der Waals surface area contributed by atoms with E-state index >= 15 is 0 Å². The third kappa shape index (κ3) is 5.36. The predicted octanol–water partition coefficient (Wildman–Crippen LogP) is 3.11. The molecule has 0 saturated carbocycles. The summed E-state index contributed by atoms with van der Waals surface area (Å²) < 4.78 is 23.2. The lowest BCUT2D eigenvalue weighted by atomic mass is 10.2. The van der Waals surface area contributed by atoms with Gasteiger partial charge in [-0.05, 0) is 23.8 Å². The predicted molar refractivity (Wildman–Crippen MR) is 84.5 cm³/mol. The van der Waals surface area contributed by atoms with Crippen LogP contribution in [0.25, 0.3) is 0 Å². The second-order valence-electron chi connectivity index (χ2n) is 4.57. The van der Waals surface area contributed by atoms with Crippen molar-refractivity contribution in [1.82, 2.24) is 5.32 Å². The average Bonchev–Trinajstić information content (AvgIpc) is 2.59. The van der Waals surface area contributed by atoms with E-state index in [-0.39, 0.29) is 18.9 Å². The molecule has 0 aromatic heterocycles. The molecule has 2 aromatic carbocycles. The number of amides is 1. The molecule has 1 N–H and O–H groups in total. The molecule has 0 saturated heterocycles. The van der Waals surface area contributed by atoms with Crippen LogP contribution in [0.3, 0.4) is 0 Å². The first kappa shape index (κ1) is 16.4. The first-order valence-corrected chi connectivity index (χ1v) is 6.96. The van der Waals surface area contributed by atoms with Gasteiger partial charge in [-0.2, -0.15) is 0 Å². The molecule has 0 atom stereocenters. The fourth-order valence-corrected chi connectivity index (χ4v) is 1.77. The highest BCUT2D eigenvalue weighted by atomic mass is 19.1. The summed E-state index contributed by atoms with van der Waals surface area (Å²) in [5.41, 5.74) is 1.51. The number of carbonyl (C=O) groups is 1. The Bertz CT molecular complexity index is 720. The molecule has 1 amide bonds. The number of benzene rings is 2. The van der Waals surface area contributed by atoms with Crippen molar-refractivity contribution >= 4 is 6.09 Å². The van der Waals surface area contributed by atoms with E-state index in [2.05, 4.69) is 17.2 Å². The van der Waals surface area contributed by atoms with Gasteiger partial charge in [0, 0.05) is 5.56 Å². The lowest BCUT2D eigenvalue weighted by Gasteiger charge is -2.04. The van der Waals surface area contributed by atoms with Gasteiger partial charge in [0.25, 0.3) is 0 Å². The number of carbonyl (C=O) groups excluding carboxylic acids is 1. The van der Waals surface area contributed by atoms with Gasteiger partial charge in [-0.15, -0.1) is 0 Å². The Balaban J connectivity index is 1.77. The van der Waals surface area contributed by atoms with Crippen LogP contribution in [0.2, 0.25) is 0 Å². The summed E-state index contributed by atoms with van der Waals surface area (Å²) in [4.78, 5) is 11.5. The van der Waals surface area contributed by atoms with Crippen LogP contribution in [-0.2, 0) is 11.3 Å². The van der Waals surface area contributed by atoms with Gasteiger partial charge >= 0.3 is 6.09 Å². The summed E-state index contributed by atoms with van der Waals surface area (Å²) in [6.45, 7) is 0.336. The molecule has 0 unspecified atom stereocenters. The van der Waals surface area contributed by atoms with Gasteiger partial charge in [0.1, 0.15) is 6.61 Å². The highest BCUT2D eigenvalue weighted by Gasteiger charge is 2.02. The summed E-state index contributed by atoms with van der Waals surface area (Å²) >= 11 is 0. The Labute approximate surface area is 134 Å². The van der Waals surface area contributed by atoms with Crippen LogP contribution < -0.4 is 10.1 Å². The van der Waals surface area contributed by atoms with Crippen molar-refractivity contribution in [3.63, 3.8) is 0 Å². The molecule has 2 aromatic rings. The van der Waals surface area contributed by atoms with Crippen molar-refractivity contribution in [2.24, 2.45) is 0 Å². The molecule has 0 spiro atoms. The molecule has 0 fully saturated rings. The van der Waals surface area contributed by atoms with E-state index in [0.717, 1.165) is 5.56 Å². The maximum atomic E-state index is 13.2. The number of halogens is 1. The molecule has 0 heterocycles. The van der Waals surface area contributed by atoms with Crippen LogP contribution >= 0.6 is 0 Å². The second-order valence-corrected chi connectivity index (χ2v) is 4.57. The Kier molecular flexibility index (Phi) is 6.01. The molecular formula is C18H16FNO3. The van der Waals surface area contributed by atoms with Crippen LogP contribution in [0.4, 0.5) is 9.18 Å². The molecule has 23 heavy (non-hydrogen) atoms. The van der Waals surface area contributed by atoms with E-state index < -0.39 is 11.9 Å². The summed E-state index contributed by atoms with van der Waals surface area (Å²) in [7, 11) is 1.39. The third-order valence-electron chi connectivity index (χ3n) is 2.92. The van der Waals surface area contributed by atoms with E-state index in [9.17, 15) is 9.18 Å². The van der Waals surface area contributed by atoms with Crippen molar-refractivity contribution in [1.29, 1.82) is 0 Å². The lowest BCUT2D eigenvalue weighted by molar-refractivity contribution is 0.141. The van der Waals surface area contributed by atoms with Gasteiger partial charge in [0.2, 0.25) is 0 Å². The SMILES string of the molecule is COc1cc(C#CCNC(=O)OCc2ccccc2)ccc1F. The largest absolute Gasteiger partial charge is 0.494 e. The molecule has 0 aliphatic rings. The molecule has 5 heteroatoms. The zero-order valence-electron chi connectivity index (χ0n) is 12.6. The van der Waals surface area contributed by atoms with E-state index in [0.29, 0.717) is 5.56 Å². The number of hydrogen-bond acceptors (Lipinski definition) is 3. The number of ether oxygens (including phenoxy) is 2. The topological polar surface area (TPSA) is 47.6 Å². The minimum absolute atomic E-state index is 0.132. The summed E-state index contributed by atoms with van der Waals surface area (Å²) in [6.07, 6.45) is -0.542. The Hall–Kier alpha value is -3.00. The molecule has 118 valence electrons. The summed E-state index contributed by atoms with van der Waals surface area (Å²) in [5, 5.41) is 2.52. The molecule has 0 aliphatic heterocycles. The summed E-state index contributed by atoms with van der Waals surface area (Å²) in [6, 6.07) is 13.7. The fraction of sp³-hybridized carbons (Fsp3) is 0.167. The molecule has 2 rings (SSSR count). The number of nitrogens with one attached hydrogen (secondary N) is 1. The molecule has 0 radical (unpaired) electrons. The van der Waals surface area contributed by atoms with Gasteiger partial charge in [-0.25, -0.2) is 9.18 Å². The van der Waals surface area contributed by atoms with E-state index in [4.69, 9.17) is 9.47 Å². The van der Waals surface area contributed by atoms with Crippen molar-refractivity contribution in [2.45, 2.75) is 6.61 Å². The first-order chi connectivity index (χ1) is 11.2. The first-order valence-electron chi connectivity index (χ1n) is 6.96. The highest BCUT2D eigenvalue weighted by molar-refractivity contribution is 5.67. The minimum Gasteiger partial charge on any atom is -0.494 e. The summed E-state index contributed by atoms with van der Waals surface area (Å²) in [5.74, 6) is 5.26. The third-order valence-corrected chi connectivity index (χ3v) is 2.92. The quantitative estimate of drug-likeness (QED) is 0.882. The highest BCUT2D eigenvalue weighted by Crippen LogP contribution is 2.17. The zero-order chi connectivity index (χ0) is 16.5. The van der Waals surface area contributed by atoms with Gasteiger partial charge in [0.15, 0.2) is 11.6 Å². The molecule has 0 aliphatic carbocycles. The van der Waals surface area contributed by atoms with E-state index in [1.807, 2.05) is 30.3 Å². The van der Waals surface area contributed by atoms with Gasteiger partial charge in [-0.1, -0.05) is 42.2 Å². The Morgan fingerprint density at radius 3 is 2.74 bits per heavy atom. The van der Waals surface area contributed by atoms with Gasteiger partial charge < -0.3 is 14.8 Å². The minimum atomic E-state index is -0.542. The molecule has 0 bridgehead atoms. The number of methoxy groups -OCH3 is 1. The number of alkyl carbamates (subject to hydrolysis) is 1. The van der Waals surface area contributed by atoms with Crippen LogP contribution in [0.15, 0.2) is 48.5 Å². The van der Waals surface area contributed by atoms with E-state index in [1.165, 1.54) is 19.2 Å². The van der Waals surface area contributed by atoms with Crippen LogP contribution in [-0.4, -0.2) is 19.7 Å². The van der Waals surface area contributed by atoms with Crippen molar-refractivity contribution in [3.05, 3.63) is 65.5 Å². The normalized spacial score (nSPS) is 9.48. The number of hydrogen-bond donors (Lipinski definition) is 1. The number of rotatable bonds is 4. The van der Waals surface area contributed by atoms with Gasteiger partial charge in [-0.3, -0.25) is 0 Å². The lowest BCUT2D eigenvalue weighted by Crippen LogP contribution is -2.24. The molecular weight excluding hydrogens is 297 g/mol. The second kappa shape index (κ2) is 8.44. The Morgan fingerprint density at radius 2 is 2.00 bits per heavy atom.